The minimum absolute atomic E-state index is 0.267. The van der Waals surface area contributed by atoms with Gasteiger partial charge in [0.2, 0.25) is 0 Å². The van der Waals surface area contributed by atoms with Crippen molar-refractivity contribution in [2.24, 2.45) is 0 Å². The summed E-state index contributed by atoms with van der Waals surface area (Å²) in [6, 6.07) is 0. The van der Waals surface area contributed by atoms with Crippen LogP contribution in [0.25, 0.3) is 0 Å². The summed E-state index contributed by atoms with van der Waals surface area (Å²) >= 11 is 0. The van der Waals surface area contributed by atoms with Crippen LogP contribution in [0.5, 0.6) is 0 Å². The van der Waals surface area contributed by atoms with Crippen molar-refractivity contribution >= 4 is 5.97 Å². The third-order valence-electron chi connectivity index (χ3n) is 3.14. The molecule has 0 rings (SSSR count). The van der Waals surface area contributed by atoms with Crippen molar-refractivity contribution in [3.63, 3.8) is 0 Å². The first-order valence-corrected chi connectivity index (χ1v) is 7.11. The third kappa shape index (κ3) is 9.03. The van der Waals surface area contributed by atoms with E-state index >= 15 is 0 Å². The lowest BCUT2D eigenvalue weighted by Crippen LogP contribution is -2.54. The van der Waals surface area contributed by atoms with E-state index < -0.39 is 19.4 Å². The molecule has 0 radical (unpaired) electrons. The van der Waals surface area contributed by atoms with E-state index in [1.807, 2.05) is 6.08 Å². The molecule has 0 saturated carbocycles. The zero-order chi connectivity index (χ0) is 15.3. The molecular formula is C14H28NO5+. The number of quaternary nitrogens is 1. The molecule has 0 aromatic carbocycles. The molecule has 0 bridgehead atoms. The first kappa shape index (κ1) is 19.1. The molecule has 0 spiro atoms. The molecule has 0 fully saturated rings. The van der Waals surface area contributed by atoms with Gasteiger partial charge in [0.25, 0.3) is 0 Å². The highest BCUT2D eigenvalue weighted by Crippen LogP contribution is 2.04. The molecule has 118 valence electrons. The Morgan fingerprint density at radius 1 is 1.20 bits per heavy atom. The van der Waals surface area contributed by atoms with E-state index in [2.05, 4.69) is 13.0 Å². The molecule has 0 amide bonds. The fourth-order valence-electron chi connectivity index (χ4n) is 1.76. The number of carboxylic acids is 1. The van der Waals surface area contributed by atoms with Crippen molar-refractivity contribution in [1.29, 1.82) is 0 Å². The van der Waals surface area contributed by atoms with Crippen LogP contribution in [-0.4, -0.2) is 65.5 Å². The van der Waals surface area contributed by atoms with E-state index in [9.17, 15) is 15.0 Å². The molecule has 0 heterocycles. The van der Waals surface area contributed by atoms with Gasteiger partial charge in [0.1, 0.15) is 6.54 Å². The number of ether oxygens (including phenoxy) is 1. The summed E-state index contributed by atoms with van der Waals surface area (Å²) < 4.78 is 5.07. The molecule has 0 saturated heterocycles. The Bertz CT molecular complexity index is 277. The van der Waals surface area contributed by atoms with Crippen LogP contribution in [0.2, 0.25) is 0 Å². The Morgan fingerprint density at radius 3 is 2.45 bits per heavy atom. The maximum Gasteiger partial charge on any atom is 0.359 e. The fraction of sp³-hybridized carbons (Fsp3) is 0.786. The van der Waals surface area contributed by atoms with Crippen molar-refractivity contribution in [2.75, 3.05) is 39.8 Å². The summed E-state index contributed by atoms with van der Waals surface area (Å²) in [5.41, 5.74) is 0. The summed E-state index contributed by atoms with van der Waals surface area (Å²) in [6.07, 6.45) is 8.68. The van der Waals surface area contributed by atoms with Gasteiger partial charge in [-0.3, -0.25) is 4.48 Å². The molecule has 6 nitrogen and oxygen atoms in total. The molecule has 0 aliphatic carbocycles. The highest BCUT2D eigenvalue weighted by atomic mass is 16.5. The Kier molecular flexibility index (Phi) is 11.3. The monoisotopic (exact) mass is 290 g/mol. The number of allylic oxidation sites excluding steroid dienone is 1. The predicted molar refractivity (Wildman–Crippen MR) is 75.9 cm³/mol. The Morgan fingerprint density at radius 2 is 1.90 bits per heavy atom. The maximum absolute atomic E-state index is 10.7. The number of hydrogen-bond acceptors (Lipinski definition) is 4. The van der Waals surface area contributed by atoms with E-state index in [4.69, 9.17) is 9.84 Å². The van der Waals surface area contributed by atoms with Crippen LogP contribution in [0.4, 0.5) is 0 Å². The van der Waals surface area contributed by atoms with Gasteiger partial charge in [0, 0.05) is 0 Å². The molecule has 0 atom stereocenters. The number of unbranched alkanes of at least 4 members (excludes halogenated alkanes) is 3. The summed E-state index contributed by atoms with van der Waals surface area (Å²) in [5, 5.41) is 27.2. The van der Waals surface area contributed by atoms with Gasteiger partial charge < -0.3 is 20.1 Å². The Balaban J connectivity index is 3.81. The van der Waals surface area contributed by atoms with Gasteiger partial charge in [-0.25, -0.2) is 4.79 Å². The van der Waals surface area contributed by atoms with Crippen LogP contribution in [0, 0.1) is 0 Å². The standard InChI is InChI=1S/C14H27NO5/c1-2-3-4-5-6-7-9-20-10-8-15(12-16,13-17)11-14(18)19/h6-7,16-17H,2-5,8-13H2,1H3/p+1/b7-6+. The average molecular weight is 290 g/mol. The fourth-order valence-corrected chi connectivity index (χ4v) is 1.76. The zero-order valence-electron chi connectivity index (χ0n) is 12.3. The SMILES string of the molecule is CCCCC/C=C/COCC[N+](CO)(CO)CC(=O)O. The summed E-state index contributed by atoms with van der Waals surface area (Å²) in [5.74, 6) is -1.05. The Hall–Kier alpha value is -0.950. The zero-order valence-corrected chi connectivity index (χ0v) is 12.3. The molecule has 0 aromatic rings. The second kappa shape index (κ2) is 11.8. The van der Waals surface area contributed by atoms with E-state index in [1.54, 1.807) is 0 Å². The maximum atomic E-state index is 10.7. The molecule has 0 aliphatic heterocycles. The molecular weight excluding hydrogens is 262 g/mol. The van der Waals surface area contributed by atoms with Crippen molar-refractivity contribution in [3.8, 4) is 0 Å². The smallest absolute Gasteiger partial charge is 0.359 e. The molecule has 0 unspecified atom stereocenters. The summed E-state index contributed by atoms with van der Waals surface area (Å²) in [7, 11) is 0. The summed E-state index contributed by atoms with van der Waals surface area (Å²) in [6.45, 7) is 2.05. The topological polar surface area (TPSA) is 87.0 Å². The second-order valence-corrected chi connectivity index (χ2v) is 4.94. The average Bonchev–Trinajstić information content (AvgIpc) is 2.44. The minimum Gasteiger partial charge on any atom is -0.477 e. The minimum atomic E-state index is -1.05. The van der Waals surface area contributed by atoms with Gasteiger partial charge in [0.05, 0.1) is 13.2 Å². The number of carbonyl (C=O) groups is 1. The Labute approximate surface area is 120 Å². The number of carboxylic acid groups (broad SMARTS) is 1. The van der Waals surface area contributed by atoms with Gasteiger partial charge in [-0.05, 0) is 12.8 Å². The van der Waals surface area contributed by atoms with Gasteiger partial charge in [-0.2, -0.15) is 0 Å². The normalized spacial score (nSPS) is 12.2. The highest BCUT2D eigenvalue weighted by Gasteiger charge is 2.28. The highest BCUT2D eigenvalue weighted by molar-refractivity contribution is 5.67. The van der Waals surface area contributed by atoms with Crippen LogP contribution in [-0.2, 0) is 9.53 Å². The first-order chi connectivity index (χ1) is 9.60. The van der Waals surface area contributed by atoms with E-state index in [1.165, 1.54) is 19.3 Å². The second-order valence-electron chi connectivity index (χ2n) is 4.94. The first-order valence-electron chi connectivity index (χ1n) is 7.11. The van der Waals surface area contributed by atoms with Gasteiger partial charge >= 0.3 is 5.97 Å². The van der Waals surface area contributed by atoms with Crippen molar-refractivity contribution < 1.29 is 29.3 Å². The van der Waals surface area contributed by atoms with Crippen molar-refractivity contribution in [1.82, 2.24) is 0 Å². The third-order valence-corrected chi connectivity index (χ3v) is 3.14. The lowest BCUT2D eigenvalue weighted by atomic mass is 10.2. The van der Waals surface area contributed by atoms with E-state index in [0.717, 1.165) is 6.42 Å². The number of aliphatic hydroxyl groups excluding tert-OH is 2. The number of hydrogen-bond donors (Lipinski definition) is 3. The number of aliphatic carboxylic acids is 1. The van der Waals surface area contributed by atoms with Gasteiger partial charge in [-0.15, -0.1) is 0 Å². The number of nitrogens with zero attached hydrogens (tertiary/aromatic N) is 1. The molecule has 20 heavy (non-hydrogen) atoms. The molecule has 6 heteroatoms. The summed E-state index contributed by atoms with van der Waals surface area (Å²) in [4.78, 5) is 10.7. The molecule has 0 aromatic heterocycles. The van der Waals surface area contributed by atoms with E-state index in [0.29, 0.717) is 13.2 Å². The van der Waals surface area contributed by atoms with Crippen LogP contribution in [0.3, 0.4) is 0 Å². The van der Waals surface area contributed by atoms with Gasteiger partial charge in [-0.1, -0.05) is 31.9 Å². The van der Waals surface area contributed by atoms with Crippen LogP contribution >= 0.6 is 0 Å². The van der Waals surface area contributed by atoms with Gasteiger partial charge in [0.15, 0.2) is 20.0 Å². The van der Waals surface area contributed by atoms with Crippen molar-refractivity contribution in [2.45, 2.75) is 32.6 Å². The van der Waals surface area contributed by atoms with Crippen molar-refractivity contribution in [3.05, 3.63) is 12.2 Å². The quantitative estimate of drug-likeness (QED) is 0.203. The number of rotatable bonds is 13. The van der Waals surface area contributed by atoms with Crippen LogP contribution in [0.15, 0.2) is 12.2 Å². The number of aliphatic hydroxyl groups is 2. The lowest BCUT2D eigenvalue weighted by Gasteiger charge is -2.32. The lowest BCUT2D eigenvalue weighted by molar-refractivity contribution is -0.955. The largest absolute Gasteiger partial charge is 0.477 e. The predicted octanol–water partition coefficient (Wildman–Crippen LogP) is 0.940. The van der Waals surface area contributed by atoms with E-state index in [-0.39, 0.29) is 17.6 Å². The molecule has 3 N–H and O–H groups in total. The van der Waals surface area contributed by atoms with Crippen LogP contribution < -0.4 is 0 Å². The molecule has 0 aliphatic rings. The van der Waals surface area contributed by atoms with Crippen LogP contribution in [0.1, 0.15) is 32.6 Å².